The third-order valence-electron chi connectivity index (χ3n) is 2.59. The maximum absolute atomic E-state index is 12.5. The number of nitriles is 1. The quantitative estimate of drug-likeness (QED) is 0.684. The number of alkyl halides is 3. The van der Waals surface area contributed by atoms with Crippen molar-refractivity contribution in [2.24, 2.45) is 5.10 Å². The van der Waals surface area contributed by atoms with E-state index in [1.165, 1.54) is 6.21 Å². The van der Waals surface area contributed by atoms with Crippen LogP contribution in [0.25, 0.3) is 0 Å². The van der Waals surface area contributed by atoms with Crippen LogP contribution in [0.15, 0.2) is 41.6 Å². The van der Waals surface area contributed by atoms with Crippen LogP contribution in [0.5, 0.6) is 0 Å². The number of pyridine rings is 1. The fourth-order valence-electron chi connectivity index (χ4n) is 1.49. The molecule has 0 aliphatic rings. The molecule has 0 aliphatic heterocycles. The second kappa shape index (κ2) is 6.45. The SMILES string of the molecule is N#Cc1ccc(N/N=C/c2ncc(C(F)(F)F)cc2Cl)cc1. The highest BCUT2D eigenvalue weighted by molar-refractivity contribution is 6.32. The summed E-state index contributed by atoms with van der Waals surface area (Å²) in [6.45, 7) is 0. The first-order chi connectivity index (χ1) is 10.4. The average Bonchev–Trinajstić information content (AvgIpc) is 2.48. The van der Waals surface area contributed by atoms with Crippen LogP contribution in [-0.2, 0) is 6.18 Å². The summed E-state index contributed by atoms with van der Waals surface area (Å²) in [6, 6.07) is 9.23. The number of anilines is 1. The predicted octanol–water partition coefficient (Wildman–Crippen LogP) is 4.07. The predicted molar refractivity (Wildman–Crippen MR) is 76.6 cm³/mol. The lowest BCUT2D eigenvalue weighted by Crippen LogP contribution is -2.06. The van der Waals surface area contributed by atoms with Crippen molar-refractivity contribution in [3.8, 4) is 6.07 Å². The summed E-state index contributed by atoms with van der Waals surface area (Å²) in [6.07, 6.45) is -2.59. The molecule has 4 nitrogen and oxygen atoms in total. The van der Waals surface area contributed by atoms with Crippen molar-refractivity contribution >= 4 is 23.5 Å². The fraction of sp³-hybridized carbons (Fsp3) is 0.0714. The number of nitrogens with one attached hydrogen (secondary N) is 1. The minimum absolute atomic E-state index is 0.107. The van der Waals surface area contributed by atoms with E-state index in [0.717, 1.165) is 6.07 Å². The summed E-state index contributed by atoms with van der Waals surface area (Å²) >= 11 is 5.74. The van der Waals surface area contributed by atoms with Gasteiger partial charge in [0.05, 0.1) is 34.1 Å². The van der Waals surface area contributed by atoms with Gasteiger partial charge in [0.1, 0.15) is 5.69 Å². The molecule has 2 rings (SSSR count). The lowest BCUT2D eigenvalue weighted by atomic mass is 10.2. The first-order valence-corrected chi connectivity index (χ1v) is 6.30. The topological polar surface area (TPSA) is 61.1 Å². The Morgan fingerprint density at radius 1 is 1.27 bits per heavy atom. The standard InChI is InChI=1S/C14H8ClF3N4/c15-12-5-10(14(16,17)18)7-20-13(12)8-21-22-11-3-1-9(6-19)2-4-11/h1-5,7-8,22H/b21-8+. The molecule has 2 aromatic rings. The highest BCUT2D eigenvalue weighted by atomic mass is 35.5. The van der Waals surface area contributed by atoms with E-state index in [9.17, 15) is 13.2 Å². The van der Waals surface area contributed by atoms with Crippen LogP contribution in [0, 0.1) is 11.3 Å². The largest absolute Gasteiger partial charge is 0.417 e. The lowest BCUT2D eigenvalue weighted by Gasteiger charge is -2.07. The third kappa shape index (κ3) is 3.96. The van der Waals surface area contributed by atoms with Gasteiger partial charge in [-0.05, 0) is 30.3 Å². The van der Waals surface area contributed by atoms with Gasteiger partial charge < -0.3 is 0 Å². The summed E-state index contributed by atoms with van der Waals surface area (Å²) in [5.41, 5.74) is 2.95. The molecule has 0 fully saturated rings. The van der Waals surface area contributed by atoms with E-state index in [1.807, 2.05) is 6.07 Å². The highest BCUT2D eigenvalue weighted by Crippen LogP contribution is 2.30. The molecule has 0 radical (unpaired) electrons. The van der Waals surface area contributed by atoms with Gasteiger partial charge in [-0.3, -0.25) is 10.4 Å². The Balaban J connectivity index is 2.08. The number of hydrazone groups is 1. The molecule has 0 atom stereocenters. The maximum atomic E-state index is 12.5. The van der Waals surface area contributed by atoms with Gasteiger partial charge in [-0.1, -0.05) is 11.6 Å². The van der Waals surface area contributed by atoms with Crippen LogP contribution < -0.4 is 5.43 Å². The first kappa shape index (κ1) is 15.8. The van der Waals surface area contributed by atoms with Crippen LogP contribution in [0.2, 0.25) is 5.02 Å². The number of hydrogen-bond donors (Lipinski definition) is 1. The molecule has 1 N–H and O–H groups in total. The molecule has 8 heteroatoms. The Labute approximate surface area is 128 Å². The van der Waals surface area contributed by atoms with Crippen molar-refractivity contribution in [3.05, 3.63) is 58.4 Å². The van der Waals surface area contributed by atoms with E-state index < -0.39 is 11.7 Å². The zero-order valence-corrected chi connectivity index (χ0v) is 11.7. The Morgan fingerprint density at radius 2 is 1.95 bits per heavy atom. The van der Waals surface area contributed by atoms with Gasteiger partial charge in [0.25, 0.3) is 0 Å². The summed E-state index contributed by atoms with van der Waals surface area (Å²) in [7, 11) is 0. The number of aromatic nitrogens is 1. The third-order valence-corrected chi connectivity index (χ3v) is 2.89. The molecule has 0 spiro atoms. The van der Waals surface area contributed by atoms with Gasteiger partial charge in [0.15, 0.2) is 0 Å². The van der Waals surface area contributed by atoms with Crippen molar-refractivity contribution in [3.63, 3.8) is 0 Å². The Kier molecular flexibility index (Phi) is 4.63. The number of rotatable bonds is 3. The smallest absolute Gasteiger partial charge is 0.278 e. The number of benzene rings is 1. The molecule has 1 aromatic heterocycles. The van der Waals surface area contributed by atoms with Gasteiger partial charge in [-0.25, -0.2) is 0 Å². The number of nitrogens with zero attached hydrogens (tertiary/aromatic N) is 3. The van der Waals surface area contributed by atoms with Crippen molar-refractivity contribution < 1.29 is 13.2 Å². The highest BCUT2D eigenvalue weighted by Gasteiger charge is 2.31. The van der Waals surface area contributed by atoms with Crippen LogP contribution in [0.1, 0.15) is 16.8 Å². The molecule has 1 heterocycles. The minimum atomic E-state index is -4.49. The molecule has 0 bridgehead atoms. The molecule has 0 saturated carbocycles. The Hall–Kier alpha value is -2.59. The van der Waals surface area contributed by atoms with Crippen LogP contribution in [0.4, 0.5) is 18.9 Å². The molecule has 0 aliphatic carbocycles. The second-order valence-electron chi connectivity index (χ2n) is 4.15. The monoisotopic (exact) mass is 324 g/mol. The number of halogens is 4. The molecule has 112 valence electrons. The van der Waals surface area contributed by atoms with Crippen molar-refractivity contribution in [1.82, 2.24) is 4.98 Å². The fourth-order valence-corrected chi connectivity index (χ4v) is 1.70. The molecule has 0 saturated heterocycles. The molecular weight excluding hydrogens is 317 g/mol. The minimum Gasteiger partial charge on any atom is -0.278 e. The molecule has 22 heavy (non-hydrogen) atoms. The van der Waals surface area contributed by atoms with E-state index in [-0.39, 0.29) is 10.7 Å². The van der Waals surface area contributed by atoms with Crippen LogP contribution >= 0.6 is 11.6 Å². The van der Waals surface area contributed by atoms with E-state index in [0.29, 0.717) is 17.4 Å². The van der Waals surface area contributed by atoms with Gasteiger partial charge in [0, 0.05) is 6.20 Å². The zero-order chi connectivity index (χ0) is 16.2. The van der Waals surface area contributed by atoms with Crippen molar-refractivity contribution in [1.29, 1.82) is 5.26 Å². The maximum Gasteiger partial charge on any atom is 0.417 e. The average molecular weight is 325 g/mol. The van der Waals surface area contributed by atoms with Gasteiger partial charge in [-0.15, -0.1) is 0 Å². The van der Waals surface area contributed by atoms with E-state index in [4.69, 9.17) is 16.9 Å². The molecule has 0 unspecified atom stereocenters. The summed E-state index contributed by atoms with van der Waals surface area (Å²) in [5.74, 6) is 0. The number of hydrogen-bond acceptors (Lipinski definition) is 4. The molecule has 0 amide bonds. The van der Waals surface area contributed by atoms with E-state index in [1.54, 1.807) is 24.3 Å². The molecule has 1 aromatic carbocycles. The van der Waals surface area contributed by atoms with Crippen molar-refractivity contribution in [2.45, 2.75) is 6.18 Å². The van der Waals surface area contributed by atoms with Gasteiger partial charge in [0.2, 0.25) is 0 Å². The Morgan fingerprint density at radius 3 is 2.50 bits per heavy atom. The van der Waals surface area contributed by atoms with Crippen LogP contribution in [-0.4, -0.2) is 11.2 Å². The second-order valence-corrected chi connectivity index (χ2v) is 4.56. The normalized spacial score (nSPS) is 11.4. The van der Waals surface area contributed by atoms with Crippen LogP contribution in [0.3, 0.4) is 0 Å². The Bertz CT molecular complexity index is 733. The first-order valence-electron chi connectivity index (χ1n) is 5.92. The van der Waals surface area contributed by atoms with Crippen molar-refractivity contribution in [2.75, 3.05) is 5.43 Å². The summed E-state index contributed by atoms with van der Waals surface area (Å²) < 4.78 is 37.4. The van der Waals surface area contributed by atoms with Gasteiger partial charge >= 0.3 is 6.18 Å². The summed E-state index contributed by atoms with van der Waals surface area (Å²) in [5, 5.41) is 12.3. The van der Waals surface area contributed by atoms with E-state index in [2.05, 4.69) is 15.5 Å². The van der Waals surface area contributed by atoms with Gasteiger partial charge in [-0.2, -0.15) is 23.5 Å². The summed E-state index contributed by atoms with van der Waals surface area (Å²) in [4.78, 5) is 3.62. The zero-order valence-electron chi connectivity index (χ0n) is 10.9. The van der Waals surface area contributed by atoms with E-state index >= 15 is 0 Å². The lowest BCUT2D eigenvalue weighted by molar-refractivity contribution is -0.137. The molecular formula is C14H8ClF3N4.